The van der Waals surface area contributed by atoms with Crippen molar-refractivity contribution in [2.24, 2.45) is 0 Å². The van der Waals surface area contributed by atoms with Crippen LogP contribution in [0.5, 0.6) is 0 Å². The van der Waals surface area contributed by atoms with Crippen LogP contribution in [0.4, 0.5) is 17.1 Å². The lowest BCUT2D eigenvalue weighted by atomic mass is 9.88. The van der Waals surface area contributed by atoms with E-state index in [0.29, 0.717) is 0 Å². The van der Waals surface area contributed by atoms with Crippen molar-refractivity contribution in [1.82, 2.24) is 0 Å². The van der Waals surface area contributed by atoms with Gasteiger partial charge in [0, 0.05) is 22.3 Å². The molecule has 0 unspecified atom stereocenters. The molecule has 0 bridgehead atoms. The fraction of sp³-hybridized carbons (Fsp3) is 0. The summed E-state index contributed by atoms with van der Waals surface area (Å²) in [6.07, 6.45) is 0. The van der Waals surface area contributed by atoms with Gasteiger partial charge in [-0.05, 0) is 85.4 Å². The number of benzene rings is 9. The minimum Gasteiger partial charge on any atom is -0.309 e. The predicted molar refractivity (Wildman–Crippen MR) is 218 cm³/mol. The van der Waals surface area contributed by atoms with Gasteiger partial charge in [0.05, 0.1) is 5.69 Å². The SMILES string of the molecule is c1ccc(-c2ccc(N(c3cccc(-c4cccc5ccccc45)c3)c3c(-c4ccccc4)c(-c4ccccc4)cc4ccccc34)cc2)cc1. The summed E-state index contributed by atoms with van der Waals surface area (Å²) in [5, 5.41) is 4.87. The standard InChI is InChI=1S/C50H35N/c1-4-16-36(17-5-1)37-30-32-43(33-31-37)51(44-26-14-25-41(34-44)46-29-15-24-38-20-10-12-27-45(38)46)50-47-28-13-11-23-42(47)35-48(39-18-6-2-7-19-39)49(50)40-21-8-3-9-22-40/h1-35H. The maximum Gasteiger partial charge on any atom is 0.0624 e. The topological polar surface area (TPSA) is 3.24 Å². The first-order valence-electron chi connectivity index (χ1n) is 17.5. The summed E-state index contributed by atoms with van der Waals surface area (Å²) in [4.78, 5) is 2.47. The second-order valence-corrected chi connectivity index (χ2v) is 12.9. The fourth-order valence-electron chi connectivity index (χ4n) is 7.43. The van der Waals surface area contributed by atoms with Crippen molar-refractivity contribution in [2.75, 3.05) is 4.90 Å². The molecule has 0 aromatic heterocycles. The Morgan fingerprint density at radius 3 is 1.53 bits per heavy atom. The van der Waals surface area contributed by atoms with Crippen LogP contribution in [0.2, 0.25) is 0 Å². The van der Waals surface area contributed by atoms with Crippen molar-refractivity contribution in [2.45, 2.75) is 0 Å². The normalized spacial score (nSPS) is 11.1. The van der Waals surface area contributed by atoms with Crippen LogP contribution in [0.3, 0.4) is 0 Å². The monoisotopic (exact) mass is 649 g/mol. The number of fused-ring (bicyclic) bond motifs is 2. The van der Waals surface area contributed by atoms with Crippen molar-refractivity contribution in [1.29, 1.82) is 0 Å². The molecule has 0 radical (unpaired) electrons. The Labute approximate surface area is 299 Å². The van der Waals surface area contributed by atoms with E-state index in [9.17, 15) is 0 Å². The summed E-state index contributed by atoms with van der Waals surface area (Å²) in [6, 6.07) is 76.8. The van der Waals surface area contributed by atoms with Gasteiger partial charge in [-0.1, -0.05) is 182 Å². The highest BCUT2D eigenvalue weighted by molar-refractivity contribution is 6.11. The van der Waals surface area contributed by atoms with Gasteiger partial charge >= 0.3 is 0 Å². The Hall–Kier alpha value is -6.70. The summed E-state index contributed by atoms with van der Waals surface area (Å²) in [5.41, 5.74) is 12.9. The van der Waals surface area contributed by atoms with Crippen molar-refractivity contribution in [3.8, 4) is 44.5 Å². The first kappa shape index (κ1) is 30.4. The number of hydrogen-bond acceptors (Lipinski definition) is 1. The van der Waals surface area contributed by atoms with Crippen LogP contribution in [0.15, 0.2) is 212 Å². The van der Waals surface area contributed by atoms with E-state index in [1.807, 2.05) is 0 Å². The highest BCUT2D eigenvalue weighted by Gasteiger charge is 2.24. The third-order valence-corrected chi connectivity index (χ3v) is 9.83. The van der Waals surface area contributed by atoms with Crippen LogP contribution in [0, 0.1) is 0 Å². The Balaban J connectivity index is 1.36. The second kappa shape index (κ2) is 13.3. The maximum atomic E-state index is 2.47. The molecular weight excluding hydrogens is 615 g/mol. The molecule has 0 aliphatic carbocycles. The van der Waals surface area contributed by atoms with Crippen molar-refractivity contribution < 1.29 is 0 Å². The molecule has 0 aliphatic rings. The predicted octanol–water partition coefficient (Wildman–Crippen LogP) is 14.1. The molecule has 0 aliphatic heterocycles. The van der Waals surface area contributed by atoms with Gasteiger partial charge in [-0.15, -0.1) is 0 Å². The van der Waals surface area contributed by atoms with E-state index >= 15 is 0 Å². The van der Waals surface area contributed by atoms with E-state index in [2.05, 4.69) is 217 Å². The van der Waals surface area contributed by atoms with E-state index in [1.165, 1.54) is 66.1 Å². The minimum atomic E-state index is 1.09. The largest absolute Gasteiger partial charge is 0.309 e. The molecule has 1 nitrogen and oxygen atoms in total. The molecule has 0 saturated heterocycles. The Morgan fingerprint density at radius 1 is 0.275 bits per heavy atom. The van der Waals surface area contributed by atoms with Gasteiger partial charge in [0.15, 0.2) is 0 Å². The highest BCUT2D eigenvalue weighted by atomic mass is 15.1. The molecular formula is C50H35N. The zero-order valence-corrected chi connectivity index (χ0v) is 28.2. The van der Waals surface area contributed by atoms with Crippen LogP contribution in [0.1, 0.15) is 0 Å². The quantitative estimate of drug-likeness (QED) is 0.166. The van der Waals surface area contributed by atoms with E-state index in [0.717, 1.165) is 17.1 Å². The number of rotatable bonds is 7. The lowest BCUT2D eigenvalue weighted by Gasteiger charge is -2.31. The molecule has 9 rings (SSSR count). The first-order chi connectivity index (χ1) is 25.3. The van der Waals surface area contributed by atoms with Gasteiger partial charge in [0.1, 0.15) is 0 Å². The maximum absolute atomic E-state index is 2.47. The summed E-state index contributed by atoms with van der Waals surface area (Å²) in [7, 11) is 0. The third-order valence-electron chi connectivity index (χ3n) is 9.83. The number of nitrogens with zero attached hydrogens (tertiary/aromatic N) is 1. The van der Waals surface area contributed by atoms with E-state index in [1.54, 1.807) is 0 Å². The van der Waals surface area contributed by atoms with E-state index < -0.39 is 0 Å². The lowest BCUT2D eigenvalue weighted by Crippen LogP contribution is -2.13. The van der Waals surface area contributed by atoms with Gasteiger partial charge in [-0.25, -0.2) is 0 Å². The average molecular weight is 650 g/mol. The second-order valence-electron chi connectivity index (χ2n) is 12.9. The van der Waals surface area contributed by atoms with Crippen LogP contribution in [-0.4, -0.2) is 0 Å². The zero-order chi connectivity index (χ0) is 34.0. The van der Waals surface area contributed by atoms with Crippen molar-refractivity contribution in [3.63, 3.8) is 0 Å². The molecule has 0 spiro atoms. The number of anilines is 3. The molecule has 0 amide bonds. The summed E-state index contributed by atoms with van der Waals surface area (Å²) in [6.45, 7) is 0. The summed E-state index contributed by atoms with van der Waals surface area (Å²) < 4.78 is 0. The fourth-order valence-corrected chi connectivity index (χ4v) is 7.43. The van der Waals surface area contributed by atoms with Crippen LogP contribution >= 0.6 is 0 Å². The van der Waals surface area contributed by atoms with Crippen LogP contribution in [0.25, 0.3) is 66.1 Å². The third kappa shape index (κ3) is 5.75. The first-order valence-corrected chi connectivity index (χ1v) is 17.5. The van der Waals surface area contributed by atoms with Gasteiger partial charge in [-0.3, -0.25) is 0 Å². The molecule has 0 saturated carbocycles. The van der Waals surface area contributed by atoms with Gasteiger partial charge < -0.3 is 4.90 Å². The molecule has 9 aromatic rings. The Bertz CT molecular complexity index is 2600. The molecule has 0 heterocycles. The van der Waals surface area contributed by atoms with Gasteiger partial charge in [-0.2, -0.15) is 0 Å². The molecule has 1 heteroatoms. The molecule has 0 fully saturated rings. The summed E-state index contributed by atoms with van der Waals surface area (Å²) in [5.74, 6) is 0. The molecule has 0 atom stereocenters. The molecule has 51 heavy (non-hydrogen) atoms. The van der Waals surface area contributed by atoms with E-state index in [-0.39, 0.29) is 0 Å². The van der Waals surface area contributed by atoms with Crippen molar-refractivity contribution in [3.05, 3.63) is 212 Å². The number of hydrogen-bond donors (Lipinski definition) is 0. The molecule has 9 aromatic carbocycles. The molecule has 0 N–H and O–H groups in total. The Morgan fingerprint density at radius 2 is 0.804 bits per heavy atom. The zero-order valence-electron chi connectivity index (χ0n) is 28.2. The highest BCUT2D eigenvalue weighted by Crippen LogP contribution is 2.50. The minimum absolute atomic E-state index is 1.09. The van der Waals surface area contributed by atoms with Crippen LogP contribution < -0.4 is 4.90 Å². The van der Waals surface area contributed by atoms with Crippen LogP contribution in [-0.2, 0) is 0 Å². The van der Waals surface area contributed by atoms with E-state index in [4.69, 9.17) is 0 Å². The van der Waals surface area contributed by atoms with Gasteiger partial charge in [0.2, 0.25) is 0 Å². The van der Waals surface area contributed by atoms with Gasteiger partial charge in [0.25, 0.3) is 0 Å². The smallest absolute Gasteiger partial charge is 0.0624 e. The summed E-state index contributed by atoms with van der Waals surface area (Å²) >= 11 is 0. The molecule has 240 valence electrons. The average Bonchev–Trinajstić information content (AvgIpc) is 3.22. The Kier molecular flexibility index (Phi) is 7.92. The van der Waals surface area contributed by atoms with Crippen molar-refractivity contribution >= 4 is 38.6 Å². The lowest BCUT2D eigenvalue weighted by molar-refractivity contribution is 1.30.